The van der Waals surface area contributed by atoms with Crippen molar-refractivity contribution in [3.63, 3.8) is 0 Å². The number of anilines is 2. The molecule has 0 saturated heterocycles. The van der Waals surface area contributed by atoms with Crippen LogP contribution in [0.5, 0.6) is 0 Å². The van der Waals surface area contributed by atoms with E-state index in [4.69, 9.17) is 0 Å². The topological polar surface area (TPSA) is 93.0 Å². The number of carbonyl (C=O) groups excluding carboxylic acids is 2. The van der Waals surface area contributed by atoms with Crippen molar-refractivity contribution in [2.75, 3.05) is 10.2 Å². The summed E-state index contributed by atoms with van der Waals surface area (Å²) in [6, 6.07) is 7.52. The largest absolute Gasteiger partial charge is 0.321 e. The molecule has 0 aliphatic heterocycles. The lowest BCUT2D eigenvalue weighted by atomic mass is 10.2. The van der Waals surface area contributed by atoms with Crippen molar-refractivity contribution < 1.29 is 9.59 Å². The number of aryl methyl sites for hydroxylation is 1. The molecule has 0 spiro atoms. The van der Waals surface area contributed by atoms with Crippen LogP contribution in [0, 0.1) is 6.92 Å². The zero-order chi connectivity index (χ0) is 20.3. The van der Waals surface area contributed by atoms with Gasteiger partial charge in [0.15, 0.2) is 5.13 Å². The van der Waals surface area contributed by atoms with E-state index in [-0.39, 0.29) is 17.9 Å². The second kappa shape index (κ2) is 8.30. The van der Waals surface area contributed by atoms with Gasteiger partial charge < -0.3 is 5.32 Å². The maximum absolute atomic E-state index is 12.7. The van der Waals surface area contributed by atoms with Crippen LogP contribution in [0.2, 0.25) is 0 Å². The lowest BCUT2D eigenvalue weighted by Crippen LogP contribution is -2.34. The van der Waals surface area contributed by atoms with Gasteiger partial charge in [-0.2, -0.15) is 5.10 Å². The number of benzene rings is 1. The van der Waals surface area contributed by atoms with Gasteiger partial charge in [-0.25, -0.2) is 14.6 Å². The van der Waals surface area contributed by atoms with Crippen LogP contribution in [0.4, 0.5) is 10.8 Å². The van der Waals surface area contributed by atoms with Crippen molar-refractivity contribution in [1.82, 2.24) is 19.7 Å². The molecule has 2 aromatic heterocycles. The predicted octanol–water partition coefficient (Wildman–Crippen LogP) is 3.10. The standard InChI is InChI=1S/C19H22N6O2S/c1-12(2)25(14(4)26)19-22-13(3)17(28-19)18(27)23-16-7-5-15(6-8-16)9-24-11-20-10-21-24/h5-8,10-12H,9H2,1-4H3,(H,23,27). The normalized spacial score (nSPS) is 10.9. The third-order valence-corrected chi connectivity index (χ3v) is 5.23. The lowest BCUT2D eigenvalue weighted by Gasteiger charge is -2.21. The van der Waals surface area contributed by atoms with Crippen LogP contribution in [-0.4, -0.2) is 37.6 Å². The minimum absolute atomic E-state index is 0.0310. The van der Waals surface area contributed by atoms with Crippen LogP contribution in [0.15, 0.2) is 36.9 Å². The van der Waals surface area contributed by atoms with E-state index in [0.717, 1.165) is 5.56 Å². The highest BCUT2D eigenvalue weighted by atomic mass is 32.1. The molecule has 8 nitrogen and oxygen atoms in total. The molecule has 2 amide bonds. The van der Waals surface area contributed by atoms with Gasteiger partial charge >= 0.3 is 0 Å². The number of nitrogens with zero attached hydrogens (tertiary/aromatic N) is 5. The van der Waals surface area contributed by atoms with E-state index in [1.54, 1.807) is 22.8 Å². The van der Waals surface area contributed by atoms with Gasteiger partial charge in [0, 0.05) is 18.7 Å². The summed E-state index contributed by atoms with van der Waals surface area (Å²) in [6.45, 7) is 7.71. The molecule has 0 aliphatic carbocycles. The third-order valence-electron chi connectivity index (χ3n) is 4.08. The Bertz CT molecular complexity index is 963. The first kappa shape index (κ1) is 19.7. The molecule has 1 aromatic carbocycles. The van der Waals surface area contributed by atoms with Gasteiger partial charge in [-0.1, -0.05) is 23.5 Å². The molecule has 0 fully saturated rings. The second-order valence-corrected chi connectivity index (χ2v) is 7.62. The molecule has 0 aliphatic rings. The fraction of sp³-hybridized carbons (Fsp3) is 0.316. The molecule has 28 heavy (non-hydrogen) atoms. The van der Waals surface area contributed by atoms with Gasteiger partial charge in [-0.15, -0.1) is 0 Å². The summed E-state index contributed by atoms with van der Waals surface area (Å²) in [7, 11) is 0. The Hall–Kier alpha value is -3.07. The summed E-state index contributed by atoms with van der Waals surface area (Å²) in [4.78, 5) is 35.0. The number of hydrogen-bond donors (Lipinski definition) is 1. The van der Waals surface area contributed by atoms with E-state index < -0.39 is 0 Å². The molecule has 0 radical (unpaired) electrons. The quantitative estimate of drug-likeness (QED) is 0.689. The Balaban J connectivity index is 1.71. The number of thiazole rings is 1. The van der Waals surface area contributed by atoms with Crippen molar-refractivity contribution in [3.8, 4) is 0 Å². The Morgan fingerprint density at radius 2 is 1.96 bits per heavy atom. The van der Waals surface area contributed by atoms with Crippen molar-refractivity contribution in [2.24, 2.45) is 0 Å². The average Bonchev–Trinajstić information content (AvgIpc) is 3.26. The Kier molecular flexibility index (Phi) is 5.84. The van der Waals surface area contributed by atoms with Crippen molar-refractivity contribution in [1.29, 1.82) is 0 Å². The summed E-state index contributed by atoms with van der Waals surface area (Å²) >= 11 is 1.22. The van der Waals surface area contributed by atoms with Gasteiger partial charge in [-0.05, 0) is 38.5 Å². The molecule has 3 aromatic rings. The highest BCUT2D eigenvalue weighted by molar-refractivity contribution is 7.17. The Morgan fingerprint density at radius 1 is 1.25 bits per heavy atom. The van der Waals surface area contributed by atoms with E-state index in [1.807, 2.05) is 38.1 Å². The van der Waals surface area contributed by atoms with Crippen LogP contribution >= 0.6 is 11.3 Å². The number of rotatable bonds is 6. The lowest BCUT2D eigenvalue weighted by molar-refractivity contribution is -0.116. The third kappa shape index (κ3) is 4.42. The first-order valence-corrected chi connectivity index (χ1v) is 9.66. The van der Waals surface area contributed by atoms with E-state index in [9.17, 15) is 9.59 Å². The highest BCUT2D eigenvalue weighted by Gasteiger charge is 2.23. The number of hydrogen-bond acceptors (Lipinski definition) is 6. The summed E-state index contributed by atoms with van der Waals surface area (Å²) in [6.07, 6.45) is 3.15. The van der Waals surface area contributed by atoms with Crippen molar-refractivity contribution >= 4 is 34.0 Å². The Morgan fingerprint density at radius 3 is 2.54 bits per heavy atom. The molecule has 146 valence electrons. The average molecular weight is 398 g/mol. The van der Waals surface area contributed by atoms with Gasteiger partial charge in [0.1, 0.15) is 17.5 Å². The number of carbonyl (C=O) groups is 2. The van der Waals surface area contributed by atoms with Gasteiger partial charge in [0.25, 0.3) is 5.91 Å². The number of nitrogens with one attached hydrogen (secondary N) is 1. The first-order valence-electron chi connectivity index (χ1n) is 8.85. The minimum Gasteiger partial charge on any atom is -0.321 e. The summed E-state index contributed by atoms with van der Waals surface area (Å²) in [5.41, 5.74) is 2.34. The van der Waals surface area contributed by atoms with Crippen LogP contribution in [0.25, 0.3) is 0 Å². The zero-order valence-electron chi connectivity index (χ0n) is 16.2. The molecular formula is C19H22N6O2S. The molecule has 2 heterocycles. The minimum atomic E-state index is -0.238. The molecule has 0 bridgehead atoms. The molecule has 3 rings (SSSR count). The fourth-order valence-corrected chi connectivity index (χ4v) is 3.94. The van der Waals surface area contributed by atoms with E-state index in [0.29, 0.717) is 27.9 Å². The highest BCUT2D eigenvalue weighted by Crippen LogP contribution is 2.28. The monoisotopic (exact) mass is 398 g/mol. The number of amides is 2. The maximum atomic E-state index is 12.7. The first-order chi connectivity index (χ1) is 13.3. The molecule has 0 saturated carbocycles. The summed E-state index contributed by atoms with van der Waals surface area (Å²) in [5.74, 6) is -0.337. The predicted molar refractivity (Wildman–Crippen MR) is 109 cm³/mol. The molecule has 1 N–H and O–H groups in total. The summed E-state index contributed by atoms with van der Waals surface area (Å²) in [5, 5.41) is 7.50. The Labute approximate surface area is 167 Å². The van der Waals surface area contributed by atoms with Gasteiger partial charge in [0.2, 0.25) is 5.91 Å². The molecule has 0 atom stereocenters. The second-order valence-electron chi connectivity index (χ2n) is 6.64. The molecule has 9 heteroatoms. The zero-order valence-corrected chi connectivity index (χ0v) is 17.0. The van der Waals surface area contributed by atoms with Crippen LogP contribution in [0.1, 0.15) is 41.7 Å². The van der Waals surface area contributed by atoms with Gasteiger partial charge in [-0.3, -0.25) is 14.5 Å². The smallest absolute Gasteiger partial charge is 0.267 e. The number of aromatic nitrogens is 4. The van der Waals surface area contributed by atoms with Crippen LogP contribution in [-0.2, 0) is 11.3 Å². The van der Waals surface area contributed by atoms with Crippen LogP contribution in [0.3, 0.4) is 0 Å². The maximum Gasteiger partial charge on any atom is 0.267 e. The molecular weight excluding hydrogens is 376 g/mol. The fourth-order valence-electron chi connectivity index (χ4n) is 2.80. The van der Waals surface area contributed by atoms with Crippen molar-refractivity contribution in [3.05, 3.63) is 53.1 Å². The summed E-state index contributed by atoms with van der Waals surface area (Å²) < 4.78 is 1.73. The van der Waals surface area contributed by atoms with E-state index in [2.05, 4.69) is 20.4 Å². The molecule has 0 unspecified atom stereocenters. The van der Waals surface area contributed by atoms with Gasteiger partial charge in [0.05, 0.1) is 12.2 Å². The van der Waals surface area contributed by atoms with Crippen LogP contribution < -0.4 is 10.2 Å². The SMILES string of the molecule is CC(=O)N(c1nc(C)c(C(=O)Nc2ccc(Cn3cncn3)cc2)s1)C(C)C. The van der Waals surface area contributed by atoms with Crippen molar-refractivity contribution in [2.45, 2.75) is 40.3 Å². The van der Waals surface area contributed by atoms with E-state index in [1.165, 1.54) is 24.6 Å². The van der Waals surface area contributed by atoms with E-state index >= 15 is 0 Å².